The van der Waals surface area contributed by atoms with Crippen LogP contribution in [-0.2, 0) is 7.05 Å². The molecule has 0 bridgehead atoms. The summed E-state index contributed by atoms with van der Waals surface area (Å²) >= 11 is 0. The number of carbonyl (C=O) groups is 1. The normalized spacial score (nSPS) is 16.8. The highest BCUT2D eigenvalue weighted by Crippen LogP contribution is 2.25. The molecule has 1 aliphatic rings. The molecular weight excluding hydrogens is 230 g/mol. The number of rotatable bonds is 4. The molecule has 1 amide bonds. The molecule has 1 aromatic rings. The van der Waals surface area contributed by atoms with E-state index in [1.54, 1.807) is 11.6 Å². The molecule has 1 aromatic heterocycles. The summed E-state index contributed by atoms with van der Waals surface area (Å²) in [5.41, 5.74) is 5.23. The van der Waals surface area contributed by atoms with Crippen LogP contribution < -0.4 is 10.6 Å². The van der Waals surface area contributed by atoms with E-state index in [4.69, 9.17) is 5.73 Å². The van der Waals surface area contributed by atoms with Crippen LogP contribution in [0.4, 0.5) is 5.95 Å². The first-order chi connectivity index (χ1) is 8.59. The number of nitrogens with zero attached hydrogens (tertiary/aromatic N) is 4. The van der Waals surface area contributed by atoms with Crippen LogP contribution in [-0.4, -0.2) is 34.3 Å². The number of aromatic nitrogens is 3. The van der Waals surface area contributed by atoms with E-state index in [1.807, 2.05) is 7.05 Å². The topological polar surface area (TPSA) is 77.0 Å². The van der Waals surface area contributed by atoms with E-state index < -0.39 is 5.91 Å². The molecule has 0 radical (unpaired) electrons. The molecule has 100 valence electrons. The lowest BCUT2D eigenvalue weighted by Crippen LogP contribution is -2.29. The highest BCUT2D eigenvalue weighted by molar-refractivity contribution is 5.89. The molecule has 1 saturated carbocycles. The Morgan fingerprint density at radius 3 is 2.61 bits per heavy atom. The number of carbonyl (C=O) groups excluding carboxylic acids is 1. The second-order valence-electron chi connectivity index (χ2n) is 5.13. The molecule has 2 rings (SSSR count). The fourth-order valence-corrected chi connectivity index (χ4v) is 2.71. The summed E-state index contributed by atoms with van der Waals surface area (Å²) in [6.07, 6.45) is 6.57. The lowest BCUT2D eigenvalue weighted by molar-refractivity contribution is 0.0987. The van der Waals surface area contributed by atoms with Gasteiger partial charge in [-0.1, -0.05) is 19.3 Å². The molecule has 0 unspecified atom stereocenters. The van der Waals surface area contributed by atoms with Crippen molar-refractivity contribution < 1.29 is 4.79 Å². The predicted octanol–water partition coefficient (Wildman–Crippen LogP) is 0.930. The van der Waals surface area contributed by atoms with Crippen molar-refractivity contribution in [1.82, 2.24) is 14.8 Å². The standard InChI is InChI=1S/C12H21N5O/c1-16(8-9-6-4-3-5-7-9)12-15-14-11(10(13)18)17(12)2/h9H,3-8H2,1-2H3,(H2,13,18). The van der Waals surface area contributed by atoms with E-state index >= 15 is 0 Å². The summed E-state index contributed by atoms with van der Waals surface area (Å²) in [5, 5.41) is 7.87. The first-order valence-electron chi connectivity index (χ1n) is 6.50. The lowest BCUT2D eigenvalue weighted by Gasteiger charge is -2.27. The Morgan fingerprint density at radius 2 is 2.06 bits per heavy atom. The van der Waals surface area contributed by atoms with Gasteiger partial charge in [0.1, 0.15) is 0 Å². The van der Waals surface area contributed by atoms with Crippen LogP contribution in [0.1, 0.15) is 42.7 Å². The zero-order valence-corrected chi connectivity index (χ0v) is 11.1. The number of hydrogen-bond acceptors (Lipinski definition) is 4. The molecule has 0 aromatic carbocycles. The van der Waals surface area contributed by atoms with Crippen molar-refractivity contribution in [3.8, 4) is 0 Å². The SMILES string of the molecule is CN(CC1CCCCC1)c1nnc(C(N)=O)n1C. The molecule has 2 N–H and O–H groups in total. The van der Waals surface area contributed by atoms with Crippen LogP contribution in [0.2, 0.25) is 0 Å². The van der Waals surface area contributed by atoms with E-state index in [0.717, 1.165) is 12.5 Å². The largest absolute Gasteiger partial charge is 0.363 e. The van der Waals surface area contributed by atoms with Gasteiger partial charge in [0, 0.05) is 20.6 Å². The molecule has 0 aliphatic heterocycles. The van der Waals surface area contributed by atoms with Gasteiger partial charge in [-0.05, 0) is 18.8 Å². The van der Waals surface area contributed by atoms with E-state index in [9.17, 15) is 4.79 Å². The van der Waals surface area contributed by atoms with Crippen LogP contribution in [0.15, 0.2) is 0 Å². The van der Waals surface area contributed by atoms with Gasteiger partial charge in [0.25, 0.3) is 5.91 Å². The minimum absolute atomic E-state index is 0.209. The van der Waals surface area contributed by atoms with Crippen molar-refractivity contribution in [2.75, 3.05) is 18.5 Å². The van der Waals surface area contributed by atoms with Crippen molar-refractivity contribution in [3.05, 3.63) is 5.82 Å². The Balaban J connectivity index is 2.04. The molecule has 0 atom stereocenters. The Kier molecular flexibility index (Phi) is 3.84. The second kappa shape index (κ2) is 5.37. The zero-order chi connectivity index (χ0) is 13.1. The maximum atomic E-state index is 11.1. The molecule has 0 saturated heterocycles. The fourth-order valence-electron chi connectivity index (χ4n) is 2.71. The fraction of sp³-hybridized carbons (Fsp3) is 0.750. The summed E-state index contributed by atoms with van der Waals surface area (Å²) in [5.74, 6) is 1.09. The Labute approximate surface area is 107 Å². The van der Waals surface area contributed by atoms with Gasteiger partial charge in [0.2, 0.25) is 11.8 Å². The second-order valence-corrected chi connectivity index (χ2v) is 5.13. The maximum Gasteiger partial charge on any atom is 0.286 e. The Morgan fingerprint density at radius 1 is 1.39 bits per heavy atom. The molecule has 18 heavy (non-hydrogen) atoms. The quantitative estimate of drug-likeness (QED) is 0.863. The number of amides is 1. The van der Waals surface area contributed by atoms with Gasteiger partial charge in [-0.3, -0.25) is 9.36 Å². The monoisotopic (exact) mass is 251 g/mol. The van der Waals surface area contributed by atoms with Gasteiger partial charge in [-0.25, -0.2) is 0 Å². The minimum atomic E-state index is -0.540. The maximum absolute atomic E-state index is 11.1. The summed E-state index contributed by atoms with van der Waals surface area (Å²) in [4.78, 5) is 13.2. The number of hydrogen-bond donors (Lipinski definition) is 1. The number of anilines is 1. The van der Waals surface area contributed by atoms with Crippen molar-refractivity contribution >= 4 is 11.9 Å². The summed E-state index contributed by atoms with van der Waals surface area (Å²) < 4.78 is 1.66. The van der Waals surface area contributed by atoms with Gasteiger partial charge < -0.3 is 10.6 Å². The third-order valence-electron chi connectivity index (χ3n) is 3.67. The number of nitrogens with two attached hydrogens (primary N) is 1. The van der Waals surface area contributed by atoms with Crippen LogP contribution >= 0.6 is 0 Å². The van der Waals surface area contributed by atoms with Gasteiger partial charge in [0.15, 0.2) is 0 Å². The minimum Gasteiger partial charge on any atom is -0.363 e. The van der Waals surface area contributed by atoms with Crippen molar-refractivity contribution in [2.45, 2.75) is 32.1 Å². The van der Waals surface area contributed by atoms with Gasteiger partial charge in [0.05, 0.1) is 0 Å². The third kappa shape index (κ3) is 2.63. The summed E-state index contributed by atoms with van der Waals surface area (Å²) in [6.45, 7) is 0.963. The molecule has 0 spiro atoms. The Bertz CT molecular complexity index is 422. The molecule has 1 heterocycles. The zero-order valence-electron chi connectivity index (χ0n) is 11.1. The summed E-state index contributed by atoms with van der Waals surface area (Å²) in [6, 6.07) is 0. The first-order valence-corrected chi connectivity index (χ1v) is 6.50. The van der Waals surface area contributed by atoms with Gasteiger partial charge >= 0.3 is 0 Å². The van der Waals surface area contributed by atoms with Crippen LogP contribution in [0, 0.1) is 5.92 Å². The molecule has 1 fully saturated rings. The van der Waals surface area contributed by atoms with Crippen molar-refractivity contribution in [3.63, 3.8) is 0 Å². The molecular formula is C12H21N5O. The van der Waals surface area contributed by atoms with Crippen LogP contribution in [0.25, 0.3) is 0 Å². The first kappa shape index (κ1) is 12.9. The molecule has 6 heteroatoms. The predicted molar refractivity (Wildman–Crippen MR) is 69.4 cm³/mol. The van der Waals surface area contributed by atoms with E-state index in [0.29, 0.717) is 5.95 Å². The lowest BCUT2D eigenvalue weighted by atomic mass is 9.89. The smallest absolute Gasteiger partial charge is 0.286 e. The van der Waals surface area contributed by atoms with Gasteiger partial charge in [-0.2, -0.15) is 0 Å². The van der Waals surface area contributed by atoms with E-state index in [-0.39, 0.29) is 5.82 Å². The molecule has 6 nitrogen and oxygen atoms in total. The van der Waals surface area contributed by atoms with Crippen molar-refractivity contribution in [2.24, 2.45) is 18.7 Å². The Hall–Kier alpha value is -1.59. The molecule has 1 aliphatic carbocycles. The average Bonchev–Trinajstić information content (AvgIpc) is 2.72. The van der Waals surface area contributed by atoms with Crippen molar-refractivity contribution in [1.29, 1.82) is 0 Å². The van der Waals surface area contributed by atoms with Crippen LogP contribution in [0.5, 0.6) is 0 Å². The highest BCUT2D eigenvalue weighted by atomic mass is 16.1. The van der Waals surface area contributed by atoms with E-state index in [2.05, 4.69) is 15.1 Å². The van der Waals surface area contributed by atoms with Crippen LogP contribution in [0.3, 0.4) is 0 Å². The van der Waals surface area contributed by atoms with E-state index in [1.165, 1.54) is 32.1 Å². The number of primary amides is 1. The third-order valence-corrected chi connectivity index (χ3v) is 3.67. The van der Waals surface area contributed by atoms with Gasteiger partial charge in [-0.15, -0.1) is 10.2 Å². The summed E-state index contributed by atoms with van der Waals surface area (Å²) in [7, 11) is 3.76. The average molecular weight is 251 g/mol. The highest BCUT2D eigenvalue weighted by Gasteiger charge is 2.20.